The first kappa shape index (κ1) is 14.3. The second-order valence-electron chi connectivity index (χ2n) is 4.28. The summed E-state index contributed by atoms with van der Waals surface area (Å²) in [5.74, 6) is 1.78. The van der Waals surface area contributed by atoms with E-state index in [0.717, 1.165) is 21.7 Å². The SMILES string of the molecule is COc1ccc(CSc2ccc(N)cc2C)cc1Br. The molecule has 2 aromatic rings. The van der Waals surface area contributed by atoms with Gasteiger partial charge in [0, 0.05) is 16.3 Å². The van der Waals surface area contributed by atoms with Crippen molar-refractivity contribution in [3.05, 3.63) is 52.0 Å². The minimum absolute atomic E-state index is 0.814. The Morgan fingerprint density at radius 2 is 2.00 bits per heavy atom. The third kappa shape index (κ3) is 3.67. The highest BCUT2D eigenvalue weighted by Crippen LogP contribution is 2.31. The van der Waals surface area contributed by atoms with Crippen LogP contribution in [0.1, 0.15) is 11.1 Å². The predicted molar refractivity (Wildman–Crippen MR) is 85.8 cm³/mol. The number of hydrogen-bond donors (Lipinski definition) is 1. The van der Waals surface area contributed by atoms with Gasteiger partial charge in [0.25, 0.3) is 0 Å². The number of benzene rings is 2. The van der Waals surface area contributed by atoms with Gasteiger partial charge in [0.2, 0.25) is 0 Å². The van der Waals surface area contributed by atoms with Crippen LogP contribution in [0.3, 0.4) is 0 Å². The Morgan fingerprint density at radius 3 is 2.63 bits per heavy atom. The Kier molecular flexibility index (Phi) is 4.77. The van der Waals surface area contributed by atoms with E-state index >= 15 is 0 Å². The molecule has 2 N–H and O–H groups in total. The normalized spacial score (nSPS) is 10.5. The molecule has 0 unspecified atom stereocenters. The summed E-state index contributed by atoms with van der Waals surface area (Å²) >= 11 is 5.32. The number of ether oxygens (including phenoxy) is 1. The lowest BCUT2D eigenvalue weighted by atomic mass is 10.2. The average Bonchev–Trinajstić information content (AvgIpc) is 2.38. The van der Waals surface area contributed by atoms with E-state index in [0.29, 0.717) is 0 Å². The molecule has 0 saturated heterocycles. The molecule has 2 nitrogen and oxygen atoms in total. The molecule has 19 heavy (non-hydrogen) atoms. The van der Waals surface area contributed by atoms with Crippen molar-refractivity contribution in [3.8, 4) is 5.75 Å². The zero-order valence-electron chi connectivity index (χ0n) is 10.9. The highest BCUT2D eigenvalue weighted by Gasteiger charge is 2.04. The molecular weight excluding hydrogens is 322 g/mol. The van der Waals surface area contributed by atoms with Gasteiger partial charge in [-0.3, -0.25) is 0 Å². The molecule has 4 heteroatoms. The van der Waals surface area contributed by atoms with E-state index in [1.807, 2.05) is 30.0 Å². The van der Waals surface area contributed by atoms with E-state index in [-0.39, 0.29) is 0 Å². The largest absolute Gasteiger partial charge is 0.496 e. The second kappa shape index (κ2) is 6.35. The van der Waals surface area contributed by atoms with E-state index in [9.17, 15) is 0 Å². The highest BCUT2D eigenvalue weighted by atomic mass is 79.9. The highest BCUT2D eigenvalue weighted by molar-refractivity contribution is 9.10. The quantitative estimate of drug-likeness (QED) is 0.651. The number of nitrogens with two attached hydrogens (primary N) is 1. The third-order valence-corrected chi connectivity index (χ3v) is 4.68. The Balaban J connectivity index is 2.08. The zero-order chi connectivity index (χ0) is 13.8. The van der Waals surface area contributed by atoms with Crippen LogP contribution in [0, 0.1) is 6.92 Å². The number of halogens is 1. The van der Waals surface area contributed by atoms with Crippen LogP contribution >= 0.6 is 27.7 Å². The van der Waals surface area contributed by atoms with Crippen LogP contribution in [0.15, 0.2) is 45.8 Å². The lowest BCUT2D eigenvalue weighted by molar-refractivity contribution is 0.412. The number of aryl methyl sites for hydroxylation is 1. The standard InChI is InChI=1S/C15H16BrNOS/c1-10-7-12(17)4-6-15(10)19-9-11-3-5-14(18-2)13(16)8-11/h3-8H,9,17H2,1-2H3. The van der Waals surface area contributed by atoms with Crippen LogP contribution in [0.5, 0.6) is 5.75 Å². The maximum Gasteiger partial charge on any atom is 0.133 e. The van der Waals surface area contributed by atoms with Crippen LogP contribution in [0.4, 0.5) is 5.69 Å². The lowest BCUT2D eigenvalue weighted by Gasteiger charge is -2.08. The van der Waals surface area contributed by atoms with E-state index in [4.69, 9.17) is 10.5 Å². The molecule has 2 rings (SSSR count). The molecule has 0 atom stereocenters. The van der Waals surface area contributed by atoms with Crippen molar-refractivity contribution in [2.24, 2.45) is 0 Å². The lowest BCUT2D eigenvalue weighted by Crippen LogP contribution is -1.89. The summed E-state index contributed by atoms with van der Waals surface area (Å²) in [6, 6.07) is 12.2. The van der Waals surface area contributed by atoms with Gasteiger partial charge >= 0.3 is 0 Å². The molecular formula is C15H16BrNOS. The molecule has 0 spiro atoms. The summed E-state index contributed by atoms with van der Waals surface area (Å²) in [4.78, 5) is 1.26. The summed E-state index contributed by atoms with van der Waals surface area (Å²) in [5, 5.41) is 0. The van der Waals surface area contributed by atoms with E-state index in [1.165, 1.54) is 16.0 Å². The van der Waals surface area contributed by atoms with Crippen LogP contribution in [-0.4, -0.2) is 7.11 Å². The summed E-state index contributed by atoms with van der Waals surface area (Å²) < 4.78 is 6.22. The molecule has 2 aromatic carbocycles. The first-order valence-electron chi connectivity index (χ1n) is 5.91. The van der Waals surface area contributed by atoms with E-state index < -0.39 is 0 Å². The van der Waals surface area contributed by atoms with Gasteiger partial charge in [0.1, 0.15) is 5.75 Å². The van der Waals surface area contributed by atoms with Gasteiger partial charge in [-0.2, -0.15) is 0 Å². The summed E-state index contributed by atoms with van der Waals surface area (Å²) in [6.45, 7) is 2.09. The first-order chi connectivity index (χ1) is 9.10. The van der Waals surface area contributed by atoms with E-state index in [2.05, 4.69) is 41.1 Å². The fourth-order valence-corrected chi connectivity index (χ4v) is 3.34. The van der Waals surface area contributed by atoms with Gasteiger partial charge < -0.3 is 10.5 Å². The molecule has 0 amide bonds. The smallest absolute Gasteiger partial charge is 0.133 e. The minimum Gasteiger partial charge on any atom is -0.496 e. The number of thioether (sulfide) groups is 1. The molecule has 0 aliphatic rings. The van der Waals surface area contributed by atoms with Gasteiger partial charge in [0.05, 0.1) is 11.6 Å². The fourth-order valence-electron chi connectivity index (χ4n) is 1.80. The predicted octanol–water partition coefficient (Wildman–Crippen LogP) is 4.64. The minimum atomic E-state index is 0.814. The maximum atomic E-state index is 5.76. The maximum absolute atomic E-state index is 5.76. The number of methoxy groups -OCH3 is 1. The molecule has 0 bridgehead atoms. The molecule has 0 aromatic heterocycles. The average molecular weight is 338 g/mol. The third-order valence-electron chi connectivity index (χ3n) is 2.81. The molecule has 0 aliphatic carbocycles. The van der Waals surface area contributed by atoms with Crippen molar-refractivity contribution in [3.63, 3.8) is 0 Å². The number of nitrogen functional groups attached to an aromatic ring is 1. The molecule has 0 saturated carbocycles. The summed E-state index contributed by atoms with van der Waals surface area (Å²) in [6.07, 6.45) is 0. The van der Waals surface area contributed by atoms with Crippen LogP contribution in [-0.2, 0) is 5.75 Å². The molecule has 100 valence electrons. The van der Waals surface area contributed by atoms with Crippen LogP contribution in [0.25, 0.3) is 0 Å². The molecule has 0 aliphatic heterocycles. The fraction of sp³-hybridized carbons (Fsp3) is 0.200. The molecule has 0 fully saturated rings. The number of hydrogen-bond acceptors (Lipinski definition) is 3. The van der Waals surface area contributed by atoms with Crippen molar-refractivity contribution < 1.29 is 4.74 Å². The van der Waals surface area contributed by atoms with Gasteiger partial charge in [0.15, 0.2) is 0 Å². The Hall–Kier alpha value is -1.13. The Labute approximate surface area is 126 Å². The van der Waals surface area contributed by atoms with Crippen molar-refractivity contribution >= 4 is 33.4 Å². The number of anilines is 1. The number of rotatable bonds is 4. The monoisotopic (exact) mass is 337 g/mol. The topological polar surface area (TPSA) is 35.2 Å². The van der Waals surface area contributed by atoms with Crippen molar-refractivity contribution in [1.29, 1.82) is 0 Å². The molecule has 0 radical (unpaired) electrons. The summed E-state index contributed by atoms with van der Waals surface area (Å²) in [5.41, 5.74) is 9.05. The Bertz CT molecular complexity index is 586. The van der Waals surface area contributed by atoms with Crippen molar-refractivity contribution in [2.75, 3.05) is 12.8 Å². The second-order valence-corrected chi connectivity index (χ2v) is 6.15. The van der Waals surface area contributed by atoms with Crippen LogP contribution < -0.4 is 10.5 Å². The van der Waals surface area contributed by atoms with E-state index in [1.54, 1.807) is 7.11 Å². The first-order valence-corrected chi connectivity index (χ1v) is 7.69. The molecule has 0 heterocycles. The van der Waals surface area contributed by atoms with Gasteiger partial charge in [-0.15, -0.1) is 11.8 Å². The van der Waals surface area contributed by atoms with Crippen LogP contribution in [0.2, 0.25) is 0 Å². The Morgan fingerprint density at radius 1 is 1.21 bits per heavy atom. The zero-order valence-corrected chi connectivity index (χ0v) is 13.3. The van der Waals surface area contributed by atoms with Crippen molar-refractivity contribution in [2.45, 2.75) is 17.6 Å². The van der Waals surface area contributed by atoms with Gasteiger partial charge in [-0.1, -0.05) is 6.07 Å². The summed E-state index contributed by atoms with van der Waals surface area (Å²) in [7, 11) is 1.67. The van der Waals surface area contributed by atoms with Crippen molar-refractivity contribution in [1.82, 2.24) is 0 Å². The van der Waals surface area contributed by atoms with Gasteiger partial charge in [-0.05, 0) is 64.3 Å². The van der Waals surface area contributed by atoms with Gasteiger partial charge in [-0.25, -0.2) is 0 Å².